The largest absolute Gasteiger partial charge is 0.359 e. The number of nitriles is 2. The minimum absolute atomic E-state index is 0.0448. The Hall–Kier alpha value is -1.78. The summed E-state index contributed by atoms with van der Waals surface area (Å²) in [5.74, 6) is 0. The van der Waals surface area contributed by atoms with Gasteiger partial charge >= 0.3 is 0 Å². The molecule has 1 rings (SSSR count). The molecule has 4 heteroatoms. The van der Waals surface area contributed by atoms with Crippen molar-refractivity contribution >= 4 is 21.6 Å². The zero-order valence-corrected chi connectivity index (χ0v) is 9.67. The molecule has 0 saturated carbocycles. The predicted molar refractivity (Wildman–Crippen MR) is 61.8 cm³/mol. The summed E-state index contributed by atoms with van der Waals surface area (Å²) in [6, 6.07) is 9.35. The van der Waals surface area contributed by atoms with Crippen LogP contribution in [0.5, 0.6) is 0 Å². The zero-order chi connectivity index (χ0) is 11.3. The molecule has 0 bridgehead atoms. The first-order chi connectivity index (χ1) is 7.17. The number of nitrogens with one attached hydrogen (secondary N) is 1. The summed E-state index contributed by atoms with van der Waals surface area (Å²) in [5.41, 5.74) is 1.98. The van der Waals surface area contributed by atoms with E-state index in [-0.39, 0.29) is 5.57 Å². The molecular weight excluding hydrogens is 254 g/mol. The summed E-state index contributed by atoms with van der Waals surface area (Å²) in [6.45, 7) is 1.97. The van der Waals surface area contributed by atoms with E-state index in [1.807, 2.05) is 25.1 Å². The van der Waals surface area contributed by atoms with Crippen molar-refractivity contribution < 1.29 is 0 Å². The molecule has 0 atom stereocenters. The lowest BCUT2D eigenvalue weighted by atomic mass is 10.2. The highest BCUT2D eigenvalue weighted by molar-refractivity contribution is 9.10. The SMILES string of the molecule is Cc1ccc(Br)c(NC=C(C#N)C#N)c1. The van der Waals surface area contributed by atoms with E-state index in [9.17, 15) is 0 Å². The molecule has 0 aliphatic carbocycles. The lowest BCUT2D eigenvalue weighted by molar-refractivity contribution is 1.41. The van der Waals surface area contributed by atoms with Crippen LogP contribution in [0.25, 0.3) is 0 Å². The van der Waals surface area contributed by atoms with Gasteiger partial charge in [0, 0.05) is 10.7 Å². The van der Waals surface area contributed by atoms with Crippen LogP contribution in [0.1, 0.15) is 5.56 Å². The van der Waals surface area contributed by atoms with Gasteiger partial charge in [0.05, 0.1) is 5.69 Å². The van der Waals surface area contributed by atoms with Gasteiger partial charge in [-0.25, -0.2) is 0 Å². The molecular formula is C11H8BrN3. The zero-order valence-electron chi connectivity index (χ0n) is 8.08. The molecule has 1 aromatic carbocycles. The van der Waals surface area contributed by atoms with E-state index in [0.717, 1.165) is 15.7 Å². The minimum atomic E-state index is 0.0448. The molecule has 3 nitrogen and oxygen atoms in total. The first kappa shape index (κ1) is 11.3. The highest BCUT2D eigenvalue weighted by atomic mass is 79.9. The topological polar surface area (TPSA) is 59.6 Å². The molecule has 0 radical (unpaired) electrons. The fourth-order valence-corrected chi connectivity index (χ4v) is 1.35. The van der Waals surface area contributed by atoms with Crippen LogP contribution in [0, 0.1) is 29.6 Å². The van der Waals surface area contributed by atoms with Gasteiger partial charge in [-0.05, 0) is 40.5 Å². The van der Waals surface area contributed by atoms with Gasteiger partial charge in [-0.15, -0.1) is 0 Å². The van der Waals surface area contributed by atoms with E-state index in [2.05, 4.69) is 21.2 Å². The third kappa shape index (κ3) is 3.12. The van der Waals surface area contributed by atoms with Gasteiger partial charge in [-0.1, -0.05) is 6.07 Å². The molecule has 0 saturated heterocycles. The smallest absolute Gasteiger partial charge is 0.145 e. The number of benzene rings is 1. The molecule has 0 aromatic heterocycles. The standard InChI is InChI=1S/C11H8BrN3/c1-8-2-3-10(12)11(4-8)15-7-9(5-13)6-14/h2-4,7,15H,1H3. The van der Waals surface area contributed by atoms with Crippen molar-refractivity contribution in [2.75, 3.05) is 5.32 Å². The van der Waals surface area contributed by atoms with Crippen LogP contribution in [0.15, 0.2) is 34.4 Å². The Morgan fingerprint density at radius 3 is 2.67 bits per heavy atom. The molecule has 74 valence electrons. The van der Waals surface area contributed by atoms with Gasteiger partial charge in [-0.2, -0.15) is 10.5 Å². The summed E-state index contributed by atoms with van der Waals surface area (Å²) >= 11 is 3.37. The number of allylic oxidation sites excluding steroid dienone is 1. The molecule has 1 aromatic rings. The van der Waals surface area contributed by atoms with E-state index >= 15 is 0 Å². The van der Waals surface area contributed by atoms with Gasteiger partial charge in [0.15, 0.2) is 0 Å². The number of hydrogen-bond acceptors (Lipinski definition) is 3. The van der Waals surface area contributed by atoms with Crippen molar-refractivity contribution in [1.29, 1.82) is 10.5 Å². The maximum absolute atomic E-state index is 8.54. The Labute approximate surface area is 96.8 Å². The lowest BCUT2D eigenvalue weighted by Gasteiger charge is -2.04. The van der Waals surface area contributed by atoms with E-state index in [0.29, 0.717) is 0 Å². The van der Waals surface area contributed by atoms with E-state index in [1.54, 1.807) is 12.1 Å². The van der Waals surface area contributed by atoms with Gasteiger partial charge in [0.25, 0.3) is 0 Å². The Bertz CT molecular complexity index is 462. The van der Waals surface area contributed by atoms with Crippen LogP contribution < -0.4 is 5.32 Å². The van der Waals surface area contributed by atoms with Crippen LogP contribution >= 0.6 is 15.9 Å². The van der Waals surface area contributed by atoms with Crippen molar-refractivity contribution in [3.63, 3.8) is 0 Å². The number of aryl methyl sites for hydroxylation is 1. The van der Waals surface area contributed by atoms with Crippen LogP contribution in [-0.2, 0) is 0 Å². The monoisotopic (exact) mass is 261 g/mol. The Morgan fingerprint density at radius 2 is 2.07 bits per heavy atom. The molecule has 1 N–H and O–H groups in total. The first-order valence-corrected chi connectivity index (χ1v) is 4.99. The maximum Gasteiger partial charge on any atom is 0.145 e. The molecule has 0 heterocycles. The van der Waals surface area contributed by atoms with Crippen molar-refractivity contribution in [2.24, 2.45) is 0 Å². The van der Waals surface area contributed by atoms with Crippen molar-refractivity contribution in [3.05, 3.63) is 40.0 Å². The van der Waals surface area contributed by atoms with Crippen molar-refractivity contribution in [2.45, 2.75) is 6.92 Å². The van der Waals surface area contributed by atoms with E-state index in [1.165, 1.54) is 6.20 Å². The summed E-state index contributed by atoms with van der Waals surface area (Å²) in [6.07, 6.45) is 1.39. The second-order valence-electron chi connectivity index (χ2n) is 2.91. The number of rotatable bonds is 2. The van der Waals surface area contributed by atoms with Crippen LogP contribution in [0.3, 0.4) is 0 Å². The average Bonchev–Trinajstić information content (AvgIpc) is 2.24. The van der Waals surface area contributed by atoms with Crippen LogP contribution in [0.2, 0.25) is 0 Å². The average molecular weight is 262 g/mol. The Balaban J connectivity index is 2.92. The lowest BCUT2D eigenvalue weighted by Crippen LogP contribution is -1.91. The maximum atomic E-state index is 8.54. The molecule has 0 spiro atoms. The fraction of sp³-hybridized carbons (Fsp3) is 0.0909. The molecule has 0 fully saturated rings. The summed E-state index contributed by atoms with van der Waals surface area (Å²) in [4.78, 5) is 0. The van der Waals surface area contributed by atoms with Gasteiger partial charge in [0.2, 0.25) is 0 Å². The van der Waals surface area contributed by atoms with Crippen molar-refractivity contribution in [3.8, 4) is 12.1 Å². The molecule has 0 aliphatic rings. The molecule has 0 aliphatic heterocycles. The number of nitrogens with zero attached hydrogens (tertiary/aromatic N) is 2. The molecule has 15 heavy (non-hydrogen) atoms. The summed E-state index contributed by atoms with van der Waals surface area (Å²) < 4.78 is 0.888. The normalized spacial score (nSPS) is 8.53. The first-order valence-electron chi connectivity index (χ1n) is 4.20. The van der Waals surface area contributed by atoms with Gasteiger partial charge < -0.3 is 5.32 Å². The second kappa shape index (κ2) is 5.19. The molecule has 0 unspecified atom stereocenters. The molecule has 0 amide bonds. The van der Waals surface area contributed by atoms with Crippen molar-refractivity contribution in [1.82, 2.24) is 0 Å². The van der Waals surface area contributed by atoms with Crippen LogP contribution in [-0.4, -0.2) is 0 Å². The number of anilines is 1. The van der Waals surface area contributed by atoms with Crippen LogP contribution in [0.4, 0.5) is 5.69 Å². The Kier molecular flexibility index (Phi) is 3.91. The quantitative estimate of drug-likeness (QED) is 0.833. The predicted octanol–water partition coefficient (Wildman–Crippen LogP) is 3.10. The summed E-state index contributed by atoms with van der Waals surface area (Å²) in [5, 5.41) is 20.0. The fourth-order valence-electron chi connectivity index (χ4n) is 0.989. The third-order valence-corrected chi connectivity index (χ3v) is 2.43. The van der Waals surface area contributed by atoms with E-state index in [4.69, 9.17) is 10.5 Å². The number of hydrogen-bond donors (Lipinski definition) is 1. The highest BCUT2D eigenvalue weighted by Crippen LogP contribution is 2.23. The third-order valence-electron chi connectivity index (χ3n) is 1.73. The van der Waals surface area contributed by atoms with Gasteiger partial charge in [0.1, 0.15) is 17.7 Å². The second-order valence-corrected chi connectivity index (χ2v) is 3.76. The Morgan fingerprint density at radius 1 is 1.40 bits per heavy atom. The minimum Gasteiger partial charge on any atom is -0.359 e. The highest BCUT2D eigenvalue weighted by Gasteiger charge is 1.98. The van der Waals surface area contributed by atoms with E-state index < -0.39 is 0 Å². The number of halogens is 1. The summed E-state index contributed by atoms with van der Waals surface area (Å²) in [7, 11) is 0. The van der Waals surface area contributed by atoms with Gasteiger partial charge in [-0.3, -0.25) is 0 Å².